The lowest BCUT2D eigenvalue weighted by molar-refractivity contribution is -0.124. The molecule has 0 saturated carbocycles. The zero-order valence-electron chi connectivity index (χ0n) is 15.2. The number of hydrogen-bond donors (Lipinski definition) is 1. The summed E-state index contributed by atoms with van der Waals surface area (Å²) < 4.78 is 20.8. The lowest BCUT2D eigenvalue weighted by Crippen LogP contribution is -2.28. The summed E-state index contributed by atoms with van der Waals surface area (Å²) in [6.45, 7) is -0.238. The number of esters is 1. The predicted octanol–water partition coefficient (Wildman–Crippen LogP) is 2.84. The molecule has 0 radical (unpaired) electrons. The van der Waals surface area contributed by atoms with Gasteiger partial charge in [0, 0.05) is 23.2 Å². The number of rotatable bonds is 8. The van der Waals surface area contributed by atoms with Crippen LogP contribution in [0.25, 0.3) is 0 Å². The summed E-state index contributed by atoms with van der Waals surface area (Å²) in [5, 5.41) is 3.17. The highest BCUT2D eigenvalue weighted by molar-refractivity contribution is 6.30. The molecular formula is C19H20ClNO6. The summed E-state index contributed by atoms with van der Waals surface area (Å²) in [7, 11) is 4.55. The zero-order chi connectivity index (χ0) is 19.8. The van der Waals surface area contributed by atoms with Crippen molar-refractivity contribution in [3.8, 4) is 17.2 Å². The van der Waals surface area contributed by atoms with Crippen LogP contribution >= 0.6 is 11.6 Å². The van der Waals surface area contributed by atoms with Crippen LogP contribution in [0.4, 0.5) is 0 Å². The average Bonchev–Trinajstić information content (AvgIpc) is 2.70. The Kier molecular flexibility index (Phi) is 7.31. The van der Waals surface area contributed by atoms with Crippen molar-refractivity contribution in [2.24, 2.45) is 0 Å². The Hall–Kier alpha value is -2.93. The first-order valence-corrected chi connectivity index (χ1v) is 8.34. The van der Waals surface area contributed by atoms with E-state index in [2.05, 4.69) is 5.32 Å². The molecule has 0 atom stereocenters. The number of amides is 1. The van der Waals surface area contributed by atoms with Crippen molar-refractivity contribution in [3.05, 3.63) is 52.5 Å². The van der Waals surface area contributed by atoms with Gasteiger partial charge in [0.05, 0.1) is 26.9 Å². The third-order valence-electron chi connectivity index (χ3n) is 3.68. The number of nitrogens with one attached hydrogen (secondary N) is 1. The molecule has 0 spiro atoms. The fourth-order valence-electron chi connectivity index (χ4n) is 2.28. The van der Waals surface area contributed by atoms with Crippen LogP contribution in [-0.4, -0.2) is 39.8 Å². The molecule has 0 aliphatic carbocycles. The molecule has 0 heterocycles. The van der Waals surface area contributed by atoms with Crippen molar-refractivity contribution < 1.29 is 28.5 Å². The minimum atomic E-state index is -0.606. The highest BCUT2D eigenvalue weighted by Crippen LogP contribution is 2.34. The lowest BCUT2D eigenvalue weighted by Gasteiger charge is -2.14. The van der Waals surface area contributed by atoms with Crippen LogP contribution in [0.2, 0.25) is 5.02 Å². The molecule has 0 fully saturated rings. The van der Waals surface area contributed by atoms with Gasteiger partial charge in [-0.15, -0.1) is 0 Å². The van der Waals surface area contributed by atoms with E-state index in [-0.39, 0.29) is 6.54 Å². The second kappa shape index (κ2) is 9.68. The number of carbonyl (C=O) groups excluding carboxylic acids is 2. The van der Waals surface area contributed by atoms with Crippen LogP contribution in [0.1, 0.15) is 15.9 Å². The summed E-state index contributed by atoms with van der Waals surface area (Å²) in [5.74, 6) is 0.504. The fourth-order valence-corrected chi connectivity index (χ4v) is 2.40. The van der Waals surface area contributed by atoms with E-state index in [0.717, 1.165) is 0 Å². The SMILES string of the molecule is COc1cc(OC)c(OC)cc1CNC(=O)COC(=O)c1ccc(Cl)cc1. The van der Waals surface area contributed by atoms with Crippen LogP contribution in [0, 0.1) is 0 Å². The normalized spacial score (nSPS) is 10.1. The molecule has 144 valence electrons. The van der Waals surface area contributed by atoms with Gasteiger partial charge in [0.15, 0.2) is 18.1 Å². The molecule has 0 aliphatic rings. The maximum absolute atomic E-state index is 12.0. The summed E-state index contributed by atoms with van der Waals surface area (Å²) in [6, 6.07) is 9.57. The van der Waals surface area contributed by atoms with E-state index in [4.69, 9.17) is 30.5 Å². The molecule has 8 heteroatoms. The van der Waals surface area contributed by atoms with Gasteiger partial charge in [0.1, 0.15) is 5.75 Å². The van der Waals surface area contributed by atoms with E-state index in [1.807, 2.05) is 0 Å². The average molecular weight is 394 g/mol. The smallest absolute Gasteiger partial charge is 0.338 e. The Bertz CT molecular complexity index is 807. The molecule has 0 unspecified atom stereocenters. The first kappa shape index (κ1) is 20.4. The molecule has 2 aromatic rings. The van der Waals surface area contributed by atoms with E-state index >= 15 is 0 Å². The second-order valence-electron chi connectivity index (χ2n) is 5.38. The summed E-state index contributed by atoms with van der Waals surface area (Å²) in [6.07, 6.45) is 0. The van der Waals surface area contributed by atoms with Crippen LogP contribution < -0.4 is 19.5 Å². The number of halogens is 1. The Morgan fingerprint density at radius 2 is 1.52 bits per heavy atom. The Morgan fingerprint density at radius 1 is 0.926 bits per heavy atom. The van der Waals surface area contributed by atoms with Gasteiger partial charge < -0.3 is 24.3 Å². The molecule has 0 bridgehead atoms. The number of benzene rings is 2. The molecule has 2 rings (SSSR count). The summed E-state index contributed by atoms with van der Waals surface area (Å²) in [4.78, 5) is 23.9. The number of hydrogen-bond acceptors (Lipinski definition) is 6. The van der Waals surface area contributed by atoms with Crippen molar-refractivity contribution in [2.75, 3.05) is 27.9 Å². The molecule has 7 nitrogen and oxygen atoms in total. The number of methoxy groups -OCH3 is 3. The number of ether oxygens (including phenoxy) is 4. The molecule has 0 aliphatic heterocycles. The van der Waals surface area contributed by atoms with E-state index in [1.54, 1.807) is 24.3 Å². The molecular weight excluding hydrogens is 374 g/mol. The van der Waals surface area contributed by atoms with Crippen LogP contribution in [-0.2, 0) is 16.1 Å². The van der Waals surface area contributed by atoms with Gasteiger partial charge in [-0.25, -0.2) is 4.79 Å². The Balaban J connectivity index is 1.93. The van der Waals surface area contributed by atoms with Crippen molar-refractivity contribution in [3.63, 3.8) is 0 Å². The first-order chi connectivity index (χ1) is 13.0. The van der Waals surface area contributed by atoms with Gasteiger partial charge in [-0.05, 0) is 30.3 Å². The Morgan fingerprint density at radius 3 is 2.11 bits per heavy atom. The minimum absolute atomic E-state index is 0.168. The topological polar surface area (TPSA) is 83.1 Å². The van der Waals surface area contributed by atoms with Gasteiger partial charge in [0.2, 0.25) is 0 Å². The molecule has 1 amide bonds. The molecule has 1 N–H and O–H groups in total. The summed E-state index contributed by atoms with van der Waals surface area (Å²) >= 11 is 5.77. The van der Waals surface area contributed by atoms with Gasteiger partial charge in [-0.1, -0.05) is 11.6 Å². The molecule has 0 saturated heterocycles. The van der Waals surface area contributed by atoms with Gasteiger partial charge in [-0.2, -0.15) is 0 Å². The van der Waals surface area contributed by atoms with Crippen molar-refractivity contribution >= 4 is 23.5 Å². The third kappa shape index (κ3) is 5.52. The van der Waals surface area contributed by atoms with E-state index in [1.165, 1.54) is 33.5 Å². The second-order valence-corrected chi connectivity index (χ2v) is 5.82. The number of carbonyl (C=O) groups is 2. The minimum Gasteiger partial charge on any atom is -0.496 e. The third-order valence-corrected chi connectivity index (χ3v) is 3.93. The maximum Gasteiger partial charge on any atom is 0.338 e. The van der Waals surface area contributed by atoms with E-state index in [0.29, 0.717) is 33.4 Å². The molecule has 27 heavy (non-hydrogen) atoms. The van der Waals surface area contributed by atoms with Crippen molar-refractivity contribution in [2.45, 2.75) is 6.54 Å². The van der Waals surface area contributed by atoms with Crippen molar-refractivity contribution in [1.82, 2.24) is 5.32 Å². The summed E-state index contributed by atoms with van der Waals surface area (Å²) in [5.41, 5.74) is 1.00. The fraction of sp³-hybridized carbons (Fsp3) is 0.263. The predicted molar refractivity (Wildman–Crippen MR) is 99.7 cm³/mol. The quantitative estimate of drug-likeness (QED) is 0.694. The highest BCUT2D eigenvalue weighted by atomic mass is 35.5. The van der Waals surface area contributed by atoms with Crippen LogP contribution in [0.15, 0.2) is 36.4 Å². The van der Waals surface area contributed by atoms with Gasteiger partial charge >= 0.3 is 5.97 Å². The van der Waals surface area contributed by atoms with Crippen LogP contribution in [0.3, 0.4) is 0 Å². The molecule has 0 aromatic heterocycles. The zero-order valence-corrected chi connectivity index (χ0v) is 16.0. The standard InChI is InChI=1S/C19H20ClNO6/c1-24-15-9-17(26-3)16(25-2)8-13(15)10-21-18(22)11-27-19(23)12-4-6-14(20)7-5-12/h4-9H,10-11H2,1-3H3,(H,21,22). The molecule has 2 aromatic carbocycles. The highest BCUT2D eigenvalue weighted by Gasteiger charge is 2.14. The maximum atomic E-state index is 12.0. The first-order valence-electron chi connectivity index (χ1n) is 7.96. The van der Waals surface area contributed by atoms with Crippen molar-refractivity contribution in [1.29, 1.82) is 0 Å². The van der Waals surface area contributed by atoms with E-state index < -0.39 is 18.5 Å². The monoisotopic (exact) mass is 393 g/mol. The largest absolute Gasteiger partial charge is 0.496 e. The van der Waals surface area contributed by atoms with Gasteiger partial charge in [0.25, 0.3) is 5.91 Å². The van der Waals surface area contributed by atoms with E-state index in [9.17, 15) is 9.59 Å². The lowest BCUT2D eigenvalue weighted by atomic mass is 10.1. The van der Waals surface area contributed by atoms with Gasteiger partial charge in [-0.3, -0.25) is 4.79 Å². The van der Waals surface area contributed by atoms with Crippen LogP contribution in [0.5, 0.6) is 17.2 Å². The Labute approximate surface area is 162 Å².